The molecule has 3 heteroatoms. The Hall–Kier alpha value is -1.25. The van der Waals surface area contributed by atoms with E-state index in [4.69, 9.17) is 11.6 Å². The van der Waals surface area contributed by atoms with Gasteiger partial charge in [-0.15, -0.1) is 0 Å². The first kappa shape index (κ1) is 16.6. The number of dihydropyridines is 1. The van der Waals surface area contributed by atoms with Crippen molar-refractivity contribution in [2.45, 2.75) is 38.1 Å². The summed E-state index contributed by atoms with van der Waals surface area (Å²) in [6, 6.07) is 8.75. The van der Waals surface area contributed by atoms with Crippen LogP contribution < -0.4 is 5.32 Å². The summed E-state index contributed by atoms with van der Waals surface area (Å²) in [7, 11) is 2.23. The molecule has 1 fully saturated rings. The van der Waals surface area contributed by atoms with E-state index >= 15 is 0 Å². The number of hydrogen-bond acceptors (Lipinski definition) is 2. The van der Waals surface area contributed by atoms with Crippen molar-refractivity contribution in [1.82, 2.24) is 10.2 Å². The van der Waals surface area contributed by atoms with E-state index in [1.54, 1.807) is 0 Å². The van der Waals surface area contributed by atoms with Crippen LogP contribution in [-0.4, -0.2) is 31.1 Å². The van der Waals surface area contributed by atoms with Gasteiger partial charge in [0, 0.05) is 11.1 Å². The van der Waals surface area contributed by atoms with Gasteiger partial charge in [-0.3, -0.25) is 0 Å². The maximum atomic E-state index is 6.09. The Balaban J connectivity index is 1.56. The van der Waals surface area contributed by atoms with Crippen LogP contribution in [0.2, 0.25) is 5.02 Å². The number of likely N-dealkylation sites (tertiary alicyclic amines) is 1. The molecule has 0 spiro atoms. The molecular formula is C20H27ClN2. The van der Waals surface area contributed by atoms with Crippen LogP contribution in [0.15, 0.2) is 48.2 Å². The number of hydrogen-bond donors (Lipinski definition) is 1. The third kappa shape index (κ3) is 4.86. The fourth-order valence-electron chi connectivity index (χ4n) is 3.66. The molecule has 0 radical (unpaired) electrons. The highest BCUT2D eigenvalue weighted by Crippen LogP contribution is 2.27. The monoisotopic (exact) mass is 330 g/mol. The first-order valence-corrected chi connectivity index (χ1v) is 9.13. The van der Waals surface area contributed by atoms with Gasteiger partial charge in [-0.25, -0.2) is 0 Å². The molecule has 124 valence electrons. The second kappa shape index (κ2) is 8.03. The van der Waals surface area contributed by atoms with Gasteiger partial charge in [-0.05, 0) is 93.7 Å². The van der Waals surface area contributed by atoms with E-state index in [2.05, 4.69) is 47.7 Å². The van der Waals surface area contributed by atoms with E-state index < -0.39 is 0 Å². The van der Waals surface area contributed by atoms with E-state index in [0.29, 0.717) is 6.04 Å². The molecule has 1 N–H and O–H groups in total. The van der Waals surface area contributed by atoms with Crippen molar-refractivity contribution < 1.29 is 0 Å². The van der Waals surface area contributed by atoms with Gasteiger partial charge < -0.3 is 10.2 Å². The van der Waals surface area contributed by atoms with Crippen molar-refractivity contribution >= 4 is 11.6 Å². The molecule has 0 aliphatic carbocycles. The zero-order valence-corrected chi connectivity index (χ0v) is 14.7. The molecular weight excluding hydrogens is 304 g/mol. The summed E-state index contributed by atoms with van der Waals surface area (Å²) in [5.41, 5.74) is 2.86. The van der Waals surface area contributed by atoms with Gasteiger partial charge in [0.05, 0.1) is 0 Å². The molecule has 2 nitrogen and oxygen atoms in total. The van der Waals surface area contributed by atoms with Gasteiger partial charge in [-0.2, -0.15) is 0 Å². The molecule has 3 rings (SSSR count). The van der Waals surface area contributed by atoms with Crippen LogP contribution in [0, 0.1) is 5.92 Å². The van der Waals surface area contributed by atoms with Gasteiger partial charge in [0.15, 0.2) is 0 Å². The Bertz CT molecular complexity index is 571. The molecule has 2 aliphatic heterocycles. The van der Waals surface area contributed by atoms with Crippen LogP contribution in [-0.2, 0) is 6.42 Å². The first-order valence-electron chi connectivity index (χ1n) is 8.75. The third-order valence-corrected chi connectivity index (χ3v) is 5.39. The maximum absolute atomic E-state index is 6.09. The number of nitrogens with one attached hydrogen (secondary N) is 1. The van der Waals surface area contributed by atoms with Crippen LogP contribution in [0.5, 0.6) is 0 Å². The number of aryl methyl sites for hydroxylation is 1. The lowest BCUT2D eigenvalue weighted by molar-refractivity contribution is 0.205. The van der Waals surface area contributed by atoms with Gasteiger partial charge in [0.25, 0.3) is 0 Å². The second-order valence-corrected chi connectivity index (χ2v) is 7.37. The quantitative estimate of drug-likeness (QED) is 0.860. The summed E-state index contributed by atoms with van der Waals surface area (Å²) >= 11 is 6.09. The Kier molecular flexibility index (Phi) is 5.80. The number of rotatable bonds is 5. The average Bonchev–Trinajstić information content (AvgIpc) is 2.56. The number of allylic oxidation sites excluding steroid dienone is 2. The topological polar surface area (TPSA) is 15.3 Å². The average molecular weight is 331 g/mol. The molecule has 1 saturated heterocycles. The van der Waals surface area contributed by atoms with Crippen LogP contribution in [0.3, 0.4) is 0 Å². The Labute approximate surface area is 145 Å². The lowest BCUT2D eigenvalue weighted by Crippen LogP contribution is -2.36. The van der Waals surface area contributed by atoms with E-state index in [1.807, 2.05) is 12.1 Å². The lowest BCUT2D eigenvalue weighted by atomic mass is 9.85. The molecule has 1 atom stereocenters. The van der Waals surface area contributed by atoms with Gasteiger partial charge in [0.1, 0.15) is 0 Å². The molecule has 0 saturated carbocycles. The number of piperidine rings is 1. The molecule has 23 heavy (non-hydrogen) atoms. The summed E-state index contributed by atoms with van der Waals surface area (Å²) in [5.74, 6) is 0.852. The minimum atomic E-state index is 0.507. The third-order valence-electron chi connectivity index (χ3n) is 5.15. The van der Waals surface area contributed by atoms with Crippen molar-refractivity contribution in [1.29, 1.82) is 0 Å². The van der Waals surface area contributed by atoms with E-state index in [0.717, 1.165) is 23.8 Å². The van der Waals surface area contributed by atoms with Gasteiger partial charge >= 0.3 is 0 Å². The van der Waals surface area contributed by atoms with Crippen molar-refractivity contribution in [3.63, 3.8) is 0 Å². The normalized spacial score (nSPS) is 22.7. The Morgan fingerprint density at radius 1 is 1.22 bits per heavy atom. The minimum Gasteiger partial charge on any atom is -0.384 e. The summed E-state index contributed by atoms with van der Waals surface area (Å²) in [4.78, 5) is 2.45. The van der Waals surface area contributed by atoms with Crippen molar-refractivity contribution in [2.24, 2.45) is 5.92 Å². The van der Waals surface area contributed by atoms with Crippen molar-refractivity contribution in [3.8, 4) is 0 Å². The standard InChI is InChI=1S/C20H27ClN2/c1-23-12-9-17(10-13-23)15-20-18(5-3-11-22-20)8-7-16-4-2-6-19(21)14-16/h2-6,11,14,17,20,22H,7-10,12-13,15H2,1H3. The van der Waals surface area contributed by atoms with E-state index in [1.165, 1.54) is 43.5 Å². The number of halogens is 1. The van der Waals surface area contributed by atoms with Gasteiger partial charge in [-0.1, -0.05) is 29.8 Å². The summed E-state index contributed by atoms with van der Waals surface area (Å²) in [5, 5.41) is 4.42. The van der Waals surface area contributed by atoms with Crippen molar-refractivity contribution in [2.75, 3.05) is 20.1 Å². The molecule has 0 aromatic heterocycles. The van der Waals surface area contributed by atoms with Crippen LogP contribution in [0.25, 0.3) is 0 Å². The lowest BCUT2D eigenvalue weighted by Gasteiger charge is -2.33. The zero-order chi connectivity index (χ0) is 16.1. The number of nitrogens with zero attached hydrogens (tertiary/aromatic N) is 1. The molecule has 1 unspecified atom stereocenters. The predicted molar refractivity (Wildman–Crippen MR) is 98.8 cm³/mol. The van der Waals surface area contributed by atoms with Crippen LogP contribution in [0.1, 0.15) is 31.2 Å². The molecule has 2 aliphatic rings. The molecule has 0 amide bonds. The predicted octanol–water partition coefficient (Wildman–Crippen LogP) is 4.42. The number of benzene rings is 1. The van der Waals surface area contributed by atoms with E-state index in [9.17, 15) is 0 Å². The maximum Gasteiger partial charge on any atom is 0.0474 e. The Morgan fingerprint density at radius 2 is 2.04 bits per heavy atom. The zero-order valence-electron chi connectivity index (χ0n) is 14.0. The molecule has 2 heterocycles. The molecule has 0 bridgehead atoms. The smallest absolute Gasteiger partial charge is 0.0474 e. The summed E-state index contributed by atoms with van der Waals surface area (Å²) < 4.78 is 0. The fourth-order valence-corrected chi connectivity index (χ4v) is 3.87. The fraction of sp³-hybridized carbons (Fsp3) is 0.500. The SMILES string of the molecule is CN1CCC(CC2NC=CC=C2CCc2cccc(Cl)c2)CC1. The first-order chi connectivity index (χ1) is 11.2. The van der Waals surface area contributed by atoms with Crippen LogP contribution in [0.4, 0.5) is 0 Å². The molecule has 1 aromatic rings. The van der Waals surface area contributed by atoms with Crippen molar-refractivity contribution in [3.05, 3.63) is 58.8 Å². The second-order valence-electron chi connectivity index (χ2n) is 6.93. The largest absolute Gasteiger partial charge is 0.384 e. The highest BCUT2D eigenvalue weighted by atomic mass is 35.5. The summed E-state index contributed by atoms with van der Waals surface area (Å²) in [6.07, 6.45) is 12.6. The molecule has 1 aromatic carbocycles. The Morgan fingerprint density at radius 3 is 2.83 bits per heavy atom. The van der Waals surface area contributed by atoms with E-state index in [-0.39, 0.29) is 0 Å². The highest BCUT2D eigenvalue weighted by Gasteiger charge is 2.23. The van der Waals surface area contributed by atoms with Crippen LogP contribution >= 0.6 is 11.6 Å². The minimum absolute atomic E-state index is 0.507. The summed E-state index contributed by atoms with van der Waals surface area (Å²) in [6.45, 7) is 2.49. The van der Waals surface area contributed by atoms with Gasteiger partial charge in [0.2, 0.25) is 0 Å². The highest BCUT2D eigenvalue weighted by molar-refractivity contribution is 6.30.